The molecule has 1 atom stereocenters. The van der Waals surface area contributed by atoms with Crippen LogP contribution in [0.3, 0.4) is 0 Å². The average molecular weight is 445 g/mol. The molecule has 33 heavy (non-hydrogen) atoms. The Morgan fingerprint density at radius 3 is 2.67 bits per heavy atom. The normalized spacial score (nSPS) is 15.2. The molecule has 1 saturated heterocycles. The Labute approximate surface area is 189 Å². The Bertz CT molecular complexity index is 1280. The molecule has 1 fully saturated rings. The van der Waals surface area contributed by atoms with E-state index < -0.39 is 11.7 Å². The quantitative estimate of drug-likeness (QED) is 0.614. The summed E-state index contributed by atoms with van der Waals surface area (Å²) in [5.74, 6) is -1.25. The van der Waals surface area contributed by atoms with Crippen molar-refractivity contribution in [3.8, 4) is 23.3 Å². The van der Waals surface area contributed by atoms with Gasteiger partial charge in [0.2, 0.25) is 17.6 Å². The van der Waals surface area contributed by atoms with Crippen LogP contribution in [0.1, 0.15) is 33.8 Å². The van der Waals surface area contributed by atoms with Crippen molar-refractivity contribution in [2.75, 3.05) is 18.6 Å². The molecule has 0 radical (unpaired) electrons. The van der Waals surface area contributed by atoms with Gasteiger partial charge in [-0.3, -0.25) is 9.59 Å². The number of nitrogens with two attached hydrogens (primary N) is 1. The Kier molecular flexibility index (Phi) is 5.96. The topological polar surface area (TPSA) is 106 Å². The third kappa shape index (κ3) is 4.34. The summed E-state index contributed by atoms with van der Waals surface area (Å²) in [7, 11) is 1.40. The van der Waals surface area contributed by atoms with Crippen molar-refractivity contribution >= 4 is 17.5 Å². The highest BCUT2D eigenvalue weighted by Gasteiger charge is 2.32. The summed E-state index contributed by atoms with van der Waals surface area (Å²) in [6.45, 7) is 0.370. The number of nitrogens with zero attached hydrogens (tertiary/aromatic N) is 2. The van der Waals surface area contributed by atoms with Gasteiger partial charge in [0.15, 0.2) is 11.6 Å². The minimum Gasteiger partial charge on any atom is -0.493 e. The van der Waals surface area contributed by atoms with Gasteiger partial charge in [-0.15, -0.1) is 0 Å². The molecule has 3 aromatic rings. The molecule has 4 rings (SSSR count). The number of ether oxygens (including phenoxy) is 2. The number of hydrogen-bond donors (Lipinski definition) is 1. The van der Waals surface area contributed by atoms with Crippen LogP contribution in [0.15, 0.2) is 60.7 Å². The van der Waals surface area contributed by atoms with Gasteiger partial charge in [-0.05, 0) is 48.0 Å². The smallest absolute Gasteiger partial charge is 0.248 e. The summed E-state index contributed by atoms with van der Waals surface area (Å²) in [6.07, 6.45) is 0.231. The van der Waals surface area contributed by atoms with Gasteiger partial charge in [-0.2, -0.15) is 5.26 Å². The van der Waals surface area contributed by atoms with Gasteiger partial charge < -0.3 is 20.1 Å². The number of rotatable bonds is 6. The average Bonchev–Trinajstić information content (AvgIpc) is 3.22. The Balaban J connectivity index is 1.63. The second-order valence-electron chi connectivity index (χ2n) is 7.56. The second-order valence-corrected chi connectivity index (χ2v) is 7.56. The first-order valence-electron chi connectivity index (χ1n) is 10.2. The Morgan fingerprint density at radius 2 is 1.94 bits per heavy atom. The van der Waals surface area contributed by atoms with E-state index in [1.807, 2.05) is 6.07 Å². The number of para-hydroxylation sites is 1. The number of anilines is 1. The van der Waals surface area contributed by atoms with Crippen LogP contribution >= 0.6 is 0 Å². The van der Waals surface area contributed by atoms with Gasteiger partial charge in [-0.1, -0.05) is 18.2 Å². The van der Waals surface area contributed by atoms with Gasteiger partial charge in [0.05, 0.1) is 12.7 Å². The van der Waals surface area contributed by atoms with Gasteiger partial charge >= 0.3 is 0 Å². The number of carbonyl (C=O) groups excluding carboxylic acids is 2. The predicted octanol–water partition coefficient (Wildman–Crippen LogP) is 4.12. The highest BCUT2D eigenvalue weighted by atomic mass is 19.1. The number of amides is 2. The third-order valence-electron chi connectivity index (χ3n) is 5.53. The fourth-order valence-corrected chi connectivity index (χ4v) is 3.84. The molecule has 1 heterocycles. The molecule has 3 aromatic carbocycles. The van der Waals surface area contributed by atoms with Crippen LogP contribution < -0.4 is 20.1 Å². The molecule has 0 aromatic heterocycles. The van der Waals surface area contributed by atoms with E-state index in [0.29, 0.717) is 17.8 Å². The first kappa shape index (κ1) is 21.8. The molecule has 0 aliphatic carbocycles. The molecule has 166 valence electrons. The van der Waals surface area contributed by atoms with E-state index in [2.05, 4.69) is 0 Å². The minimum absolute atomic E-state index is 0.107. The zero-order valence-corrected chi connectivity index (χ0v) is 17.7. The van der Waals surface area contributed by atoms with E-state index in [-0.39, 0.29) is 41.1 Å². The highest BCUT2D eigenvalue weighted by Crippen LogP contribution is 2.38. The van der Waals surface area contributed by atoms with Crippen LogP contribution in [-0.2, 0) is 4.79 Å². The van der Waals surface area contributed by atoms with E-state index in [4.69, 9.17) is 15.2 Å². The van der Waals surface area contributed by atoms with E-state index in [0.717, 1.165) is 5.56 Å². The number of carbonyl (C=O) groups is 2. The molecule has 0 saturated carbocycles. The monoisotopic (exact) mass is 445 g/mol. The van der Waals surface area contributed by atoms with Crippen molar-refractivity contribution in [2.45, 2.75) is 12.3 Å². The van der Waals surface area contributed by atoms with Crippen LogP contribution in [-0.4, -0.2) is 25.5 Å². The number of benzene rings is 3. The molecular weight excluding hydrogens is 425 g/mol. The number of methoxy groups -OCH3 is 1. The van der Waals surface area contributed by atoms with E-state index in [1.54, 1.807) is 53.4 Å². The van der Waals surface area contributed by atoms with Crippen molar-refractivity contribution in [1.29, 1.82) is 5.26 Å². The third-order valence-corrected chi connectivity index (χ3v) is 5.53. The Hall–Kier alpha value is -4.38. The predicted molar refractivity (Wildman–Crippen MR) is 119 cm³/mol. The number of hydrogen-bond acceptors (Lipinski definition) is 5. The zero-order chi connectivity index (χ0) is 23.5. The maximum absolute atomic E-state index is 14.4. The van der Waals surface area contributed by atoms with Crippen LogP contribution in [0, 0.1) is 17.1 Å². The largest absolute Gasteiger partial charge is 0.493 e. The number of halogens is 1. The molecule has 2 amide bonds. The summed E-state index contributed by atoms with van der Waals surface area (Å²) >= 11 is 0. The first-order valence-corrected chi connectivity index (χ1v) is 10.2. The van der Waals surface area contributed by atoms with Crippen LogP contribution in [0.5, 0.6) is 17.2 Å². The lowest BCUT2D eigenvalue weighted by atomic mass is 9.96. The standard InChI is InChI=1S/C25H20FN3O4/c1-32-21-7-3-6-20(26)24(21)33-22-11-15(8-9-17(22)13-27)18-12-23(30)29(14-18)19-5-2-4-16(10-19)25(28)31/h2-11,18H,12,14H2,1H3,(H2,28,31)/t18-/m0/s1. The zero-order valence-electron chi connectivity index (χ0n) is 17.7. The Morgan fingerprint density at radius 1 is 1.15 bits per heavy atom. The lowest BCUT2D eigenvalue weighted by Gasteiger charge is -2.18. The fraction of sp³-hybridized carbons (Fsp3) is 0.160. The SMILES string of the molecule is COc1cccc(F)c1Oc1cc([C@H]2CC(=O)N(c3cccc(C(N)=O)c3)C2)ccc1C#N. The molecule has 1 aliphatic rings. The molecule has 0 unspecified atom stereocenters. The van der Waals surface area contributed by atoms with Crippen LogP contribution in [0.2, 0.25) is 0 Å². The van der Waals surface area contributed by atoms with Crippen LogP contribution in [0.4, 0.5) is 10.1 Å². The minimum atomic E-state index is -0.625. The summed E-state index contributed by atoms with van der Waals surface area (Å²) in [5.41, 5.74) is 7.24. The first-order chi connectivity index (χ1) is 15.9. The highest BCUT2D eigenvalue weighted by molar-refractivity contribution is 5.99. The fourth-order valence-electron chi connectivity index (χ4n) is 3.84. The number of nitriles is 1. The molecule has 0 spiro atoms. The van der Waals surface area contributed by atoms with Gasteiger partial charge in [0.1, 0.15) is 11.8 Å². The summed E-state index contributed by atoms with van der Waals surface area (Å²) in [4.78, 5) is 25.8. The molecule has 2 N–H and O–H groups in total. The van der Waals surface area contributed by atoms with Crippen molar-refractivity contribution in [3.63, 3.8) is 0 Å². The lowest BCUT2D eigenvalue weighted by molar-refractivity contribution is -0.117. The molecule has 8 heteroatoms. The van der Waals surface area contributed by atoms with Crippen molar-refractivity contribution in [3.05, 3.63) is 83.2 Å². The maximum Gasteiger partial charge on any atom is 0.248 e. The second kappa shape index (κ2) is 9.01. The van der Waals surface area contributed by atoms with E-state index in [1.165, 1.54) is 19.2 Å². The maximum atomic E-state index is 14.4. The van der Waals surface area contributed by atoms with Gasteiger partial charge in [-0.25, -0.2) is 4.39 Å². The van der Waals surface area contributed by atoms with E-state index in [9.17, 15) is 19.2 Å². The summed E-state index contributed by atoms with van der Waals surface area (Å²) < 4.78 is 25.3. The summed E-state index contributed by atoms with van der Waals surface area (Å²) in [6, 6.07) is 17.9. The molecule has 0 bridgehead atoms. The van der Waals surface area contributed by atoms with Gasteiger partial charge in [0, 0.05) is 30.1 Å². The molecule has 1 aliphatic heterocycles. The van der Waals surface area contributed by atoms with Crippen molar-refractivity contribution < 1.29 is 23.5 Å². The molecular formula is C25H20FN3O4. The van der Waals surface area contributed by atoms with Crippen molar-refractivity contribution in [2.24, 2.45) is 5.73 Å². The molecule has 7 nitrogen and oxygen atoms in total. The summed E-state index contributed by atoms with van der Waals surface area (Å²) in [5, 5.41) is 9.50. The number of primary amides is 1. The van der Waals surface area contributed by atoms with Crippen molar-refractivity contribution in [1.82, 2.24) is 0 Å². The van der Waals surface area contributed by atoms with Gasteiger partial charge in [0.25, 0.3) is 0 Å². The lowest BCUT2D eigenvalue weighted by Crippen LogP contribution is -2.24. The van der Waals surface area contributed by atoms with Crippen LogP contribution in [0.25, 0.3) is 0 Å². The van der Waals surface area contributed by atoms with E-state index >= 15 is 0 Å².